The molecule has 19 heavy (non-hydrogen) atoms. The summed E-state index contributed by atoms with van der Waals surface area (Å²) in [5.74, 6) is 1.30. The van der Waals surface area contributed by atoms with E-state index in [1.807, 2.05) is 0 Å². The Labute approximate surface area is 116 Å². The van der Waals surface area contributed by atoms with Gasteiger partial charge in [-0.25, -0.2) is 0 Å². The molecule has 3 atom stereocenters. The topological polar surface area (TPSA) is 72.3 Å². The van der Waals surface area contributed by atoms with Gasteiger partial charge in [-0.2, -0.15) is 0 Å². The summed E-state index contributed by atoms with van der Waals surface area (Å²) in [6.45, 7) is 6.97. The Morgan fingerprint density at radius 2 is 2.00 bits per heavy atom. The minimum Gasteiger partial charge on any atom is -0.368 e. The van der Waals surface area contributed by atoms with E-state index in [9.17, 15) is 4.79 Å². The van der Waals surface area contributed by atoms with Crippen molar-refractivity contribution >= 4 is 5.91 Å². The van der Waals surface area contributed by atoms with Crippen molar-refractivity contribution in [1.29, 1.82) is 0 Å². The molecule has 2 aliphatic rings. The van der Waals surface area contributed by atoms with Crippen LogP contribution in [-0.4, -0.2) is 35.5 Å². The first-order chi connectivity index (χ1) is 8.92. The molecule has 4 heteroatoms. The van der Waals surface area contributed by atoms with Crippen molar-refractivity contribution < 1.29 is 4.79 Å². The summed E-state index contributed by atoms with van der Waals surface area (Å²) >= 11 is 0. The molecule has 0 bridgehead atoms. The van der Waals surface area contributed by atoms with E-state index in [1.165, 1.54) is 19.3 Å². The number of nitrogens with two attached hydrogens (primary N) is 2. The standard InChI is InChI=1S/C15H29N3O/c1-11(2)12-4-3-8-18(9-6-12)13-5-7-15(17,10-13)14(16)19/h11-13H,3-10,17H2,1-2H3,(H2,16,19). The number of hydrogen-bond donors (Lipinski definition) is 2. The second-order valence-corrected chi connectivity index (χ2v) is 6.89. The fraction of sp³-hybridized carbons (Fsp3) is 0.933. The van der Waals surface area contributed by atoms with Gasteiger partial charge in [0.15, 0.2) is 0 Å². The third-order valence-electron chi connectivity index (χ3n) is 5.28. The molecule has 4 nitrogen and oxygen atoms in total. The maximum absolute atomic E-state index is 11.4. The molecule has 1 saturated heterocycles. The van der Waals surface area contributed by atoms with Gasteiger partial charge in [-0.1, -0.05) is 13.8 Å². The number of carbonyl (C=O) groups excluding carboxylic acids is 1. The highest BCUT2D eigenvalue weighted by atomic mass is 16.1. The monoisotopic (exact) mass is 267 g/mol. The normalized spacial score (nSPS) is 37.5. The zero-order valence-electron chi connectivity index (χ0n) is 12.4. The highest BCUT2D eigenvalue weighted by molar-refractivity contribution is 5.84. The summed E-state index contributed by atoms with van der Waals surface area (Å²) < 4.78 is 0. The molecule has 1 heterocycles. The second kappa shape index (κ2) is 5.80. The Hall–Kier alpha value is -0.610. The summed E-state index contributed by atoms with van der Waals surface area (Å²) in [6.07, 6.45) is 6.40. The van der Waals surface area contributed by atoms with Crippen LogP contribution in [0.1, 0.15) is 52.4 Å². The Balaban J connectivity index is 1.92. The number of amides is 1. The molecule has 1 aliphatic carbocycles. The molecule has 0 aromatic heterocycles. The maximum Gasteiger partial charge on any atom is 0.237 e. The SMILES string of the molecule is CC(C)C1CCCN(C2CCC(N)(C(N)=O)C2)CC1. The molecule has 0 spiro atoms. The van der Waals surface area contributed by atoms with Gasteiger partial charge >= 0.3 is 0 Å². The minimum atomic E-state index is -0.756. The molecule has 110 valence electrons. The molecule has 0 radical (unpaired) electrons. The Morgan fingerprint density at radius 1 is 1.26 bits per heavy atom. The molecule has 1 amide bonds. The van der Waals surface area contributed by atoms with E-state index in [-0.39, 0.29) is 5.91 Å². The van der Waals surface area contributed by atoms with Crippen LogP contribution in [0.15, 0.2) is 0 Å². The van der Waals surface area contributed by atoms with Gasteiger partial charge in [-0.15, -0.1) is 0 Å². The molecular formula is C15H29N3O. The van der Waals surface area contributed by atoms with Crippen LogP contribution in [-0.2, 0) is 4.79 Å². The quantitative estimate of drug-likeness (QED) is 0.813. The van der Waals surface area contributed by atoms with Crippen molar-refractivity contribution in [3.05, 3.63) is 0 Å². The van der Waals surface area contributed by atoms with Gasteiger partial charge in [0.1, 0.15) is 0 Å². The van der Waals surface area contributed by atoms with Gasteiger partial charge in [-0.3, -0.25) is 4.79 Å². The van der Waals surface area contributed by atoms with Crippen molar-refractivity contribution in [1.82, 2.24) is 4.90 Å². The largest absolute Gasteiger partial charge is 0.368 e. The molecule has 1 saturated carbocycles. The van der Waals surface area contributed by atoms with E-state index in [0.717, 1.165) is 44.2 Å². The van der Waals surface area contributed by atoms with Crippen LogP contribution in [0.2, 0.25) is 0 Å². The summed E-state index contributed by atoms with van der Waals surface area (Å²) in [5, 5.41) is 0. The number of primary amides is 1. The van der Waals surface area contributed by atoms with Crippen LogP contribution < -0.4 is 11.5 Å². The molecule has 1 aliphatic heterocycles. The number of likely N-dealkylation sites (tertiary alicyclic amines) is 1. The van der Waals surface area contributed by atoms with Gasteiger partial charge in [0.25, 0.3) is 0 Å². The van der Waals surface area contributed by atoms with Crippen molar-refractivity contribution in [2.75, 3.05) is 13.1 Å². The van der Waals surface area contributed by atoms with E-state index in [1.54, 1.807) is 0 Å². The van der Waals surface area contributed by atoms with Crippen LogP contribution in [0.25, 0.3) is 0 Å². The lowest BCUT2D eigenvalue weighted by Gasteiger charge is -2.29. The molecule has 2 rings (SSSR count). The fourth-order valence-corrected chi connectivity index (χ4v) is 3.76. The Morgan fingerprint density at radius 3 is 2.58 bits per heavy atom. The van der Waals surface area contributed by atoms with Gasteiger partial charge < -0.3 is 16.4 Å². The van der Waals surface area contributed by atoms with E-state index in [4.69, 9.17) is 11.5 Å². The molecule has 2 fully saturated rings. The lowest BCUT2D eigenvalue weighted by Crippen LogP contribution is -2.51. The Bertz CT molecular complexity index is 331. The van der Waals surface area contributed by atoms with E-state index < -0.39 is 5.54 Å². The van der Waals surface area contributed by atoms with Crippen molar-refractivity contribution in [3.8, 4) is 0 Å². The molecule has 3 unspecified atom stereocenters. The van der Waals surface area contributed by atoms with Gasteiger partial charge in [0, 0.05) is 6.04 Å². The predicted octanol–water partition coefficient (Wildman–Crippen LogP) is 1.48. The van der Waals surface area contributed by atoms with E-state index in [0.29, 0.717) is 6.04 Å². The van der Waals surface area contributed by atoms with Gasteiger partial charge in [0.05, 0.1) is 5.54 Å². The first-order valence-electron chi connectivity index (χ1n) is 7.75. The summed E-state index contributed by atoms with van der Waals surface area (Å²) in [7, 11) is 0. The number of nitrogens with zero attached hydrogens (tertiary/aromatic N) is 1. The maximum atomic E-state index is 11.4. The van der Waals surface area contributed by atoms with E-state index >= 15 is 0 Å². The lowest BCUT2D eigenvalue weighted by molar-refractivity contribution is -0.123. The highest BCUT2D eigenvalue weighted by Gasteiger charge is 2.42. The second-order valence-electron chi connectivity index (χ2n) is 6.89. The average molecular weight is 267 g/mol. The minimum absolute atomic E-state index is 0.329. The third kappa shape index (κ3) is 3.29. The highest BCUT2D eigenvalue weighted by Crippen LogP contribution is 2.33. The summed E-state index contributed by atoms with van der Waals surface area (Å²) in [5.41, 5.74) is 10.8. The van der Waals surface area contributed by atoms with E-state index in [2.05, 4.69) is 18.7 Å². The lowest BCUT2D eigenvalue weighted by atomic mass is 9.89. The zero-order valence-corrected chi connectivity index (χ0v) is 12.4. The van der Waals surface area contributed by atoms with Crippen molar-refractivity contribution in [2.45, 2.75) is 64.0 Å². The fourth-order valence-electron chi connectivity index (χ4n) is 3.76. The molecule has 0 aromatic rings. The molecular weight excluding hydrogens is 238 g/mol. The van der Waals surface area contributed by atoms with Gasteiger partial charge in [-0.05, 0) is 63.5 Å². The van der Waals surface area contributed by atoms with Crippen LogP contribution >= 0.6 is 0 Å². The molecule has 4 N–H and O–H groups in total. The van der Waals surface area contributed by atoms with Crippen LogP contribution in [0.5, 0.6) is 0 Å². The summed E-state index contributed by atoms with van der Waals surface area (Å²) in [4.78, 5) is 14.0. The number of rotatable bonds is 3. The average Bonchev–Trinajstić information content (AvgIpc) is 2.61. The van der Waals surface area contributed by atoms with Crippen LogP contribution in [0.4, 0.5) is 0 Å². The predicted molar refractivity (Wildman–Crippen MR) is 77.5 cm³/mol. The van der Waals surface area contributed by atoms with Gasteiger partial charge in [0.2, 0.25) is 5.91 Å². The van der Waals surface area contributed by atoms with Crippen molar-refractivity contribution in [3.63, 3.8) is 0 Å². The first kappa shape index (κ1) is 14.8. The number of carbonyl (C=O) groups is 1. The Kier molecular flexibility index (Phi) is 4.51. The molecule has 0 aromatic carbocycles. The third-order valence-corrected chi connectivity index (χ3v) is 5.28. The number of hydrogen-bond acceptors (Lipinski definition) is 3. The van der Waals surface area contributed by atoms with Crippen LogP contribution in [0, 0.1) is 11.8 Å². The first-order valence-corrected chi connectivity index (χ1v) is 7.75. The van der Waals surface area contributed by atoms with Crippen LogP contribution in [0.3, 0.4) is 0 Å². The smallest absolute Gasteiger partial charge is 0.237 e. The van der Waals surface area contributed by atoms with Crippen molar-refractivity contribution in [2.24, 2.45) is 23.3 Å². The zero-order chi connectivity index (χ0) is 14.0. The summed E-state index contributed by atoms with van der Waals surface area (Å²) in [6, 6.07) is 0.461.